The first kappa shape index (κ1) is 24.5. The Morgan fingerprint density at radius 2 is 0.773 bits per heavy atom. The van der Waals surface area contributed by atoms with Crippen LogP contribution < -0.4 is 0 Å². The summed E-state index contributed by atoms with van der Waals surface area (Å²) >= 11 is 0. The van der Waals surface area contributed by atoms with Crippen LogP contribution in [0.15, 0.2) is 148 Å². The summed E-state index contributed by atoms with van der Waals surface area (Å²) in [6, 6.07) is 47.1. The van der Waals surface area contributed by atoms with Crippen molar-refractivity contribution in [3.05, 3.63) is 140 Å². The Kier molecular flexibility index (Phi) is 5.43. The van der Waals surface area contributed by atoms with Crippen LogP contribution in [0.25, 0.3) is 89.2 Å². The fourth-order valence-electron chi connectivity index (χ4n) is 5.94. The zero-order valence-corrected chi connectivity index (χ0v) is 23.4. The second-order valence-corrected chi connectivity index (χ2v) is 10.9. The second kappa shape index (κ2) is 9.75. The zero-order valence-electron chi connectivity index (χ0n) is 23.4. The number of hydrogen-bond donors (Lipinski definition) is 0. The van der Waals surface area contributed by atoms with Crippen molar-refractivity contribution in [2.24, 2.45) is 0 Å². The topological polar surface area (TPSA) is 65.0 Å². The van der Waals surface area contributed by atoms with E-state index in [1.165, 1.54) is 0 Å². The quantitative estimate of drug-likeness (QED) is 0.212. The van der Waals surface area contributed by atoms with Crippen LogP contribution in [0, 0.1) is 0 Å². The number of para-hydroxylation sites is 1. The van der Waals surface area contributed by atoms with Gasteiger partial charge in [0.25, 0.3) is 0 Å². The lowest BCUT2D eigenvalue weighted by atomic mass is 10.0. The number of fused-ring (bicyclic) bond motifs is 6. The minimum absolute atomic E-state index is 0.584. The molecule has 0 N–H and O–H groups in total. The Hall–Kier alpha value is -6.07. The van der Waals surface area contributed by atoms with Gasteiger partial charge in [0.2, 0.25) is 0 Å². The minimum Gasteiger partial charge on any atom is -0.456 e. The molecule has 0 amide bonds. The number of nitrogens with zero attached hydrogens (tertiary/aromatic N) is 3. The molecule has 44 heavy (non-hydrogen) atoms. The van der Waals surface area contributed by atoms with E-state index in [1.807, 2.05) is 84.9 Å². The molecular formula is C39H23N3O2. The van der Waals surface area contributed by atoms with Gasteiger partial charge in [0.05, 0.1) is 0 Å². The summed E-state index contributed by atoms with van der Waals surface area (Å²) in [5, 5.41) is 4.22. The molecule has 3 heterocycles. The summed E-state index contributed by atoms with van der Waals surface area (Å²) in [5.41, 5.74) is 8.27. The van der Waals surface area contributed by atoms with Crippen LogP contribution in [0.4, 0.5) is 0 Å². The molecule has 3 aromatic heterocycles. The smallest absolute Gasteiger partial charge is 0.164 e. The van der Waals surface area contributed by atoms with Crippen molar-refractivity contribution in [1.82, 2.24) is 15.0 Å². The third-order valence-corrected chi connectivity index (χ3v) is 8.14. The fourth-order valence-corrected chi connectivity index (χ4v) is 5.94. The van der Waals surface area contributed by atoms with Crippen LogP contribution >= 0.6 is 0 Å². The lowest BCUT2D eigenvalue weighted by molar-refractivity contribution is 0.668. The molecule has 0 spiro atoms. The maximum atomic E-state index is 6.29. The summed E-state index contributed by atoms with van der Waals surface area (Å²) < 4.78 is 12.5. The van der Waals surface area contributed by atoms with Gasteiger partial charge >= 0.3 is 0 Å². The van der Waals surface area contributed by atoms with Crippen molar-refractivity contribution < 1.29 is 8.83 Å². The molecule has 5 heteroatoms. The number of hydrogen-bond acceptors (Lipinski definition) is 5. The zero-order chi connectivity index (χ0) is 29.0. The first-order valence-electron chi connectivity index (χ1n) is 14.5. The predicted octanol–water partition coefficient (Wildman–Crippen LogP) is 10.3. The minimum atomic E-state index is 0.584. The SMILES string of the molecule is c1ccc(-c2ccc3c(c2)oc2ccc(-c4nc(-c5ccccc5)nc(-c5ccc6c(c5)oc5ccccc56)n4)cc23)cc1. The standard InChI is InChI=1S/C39H23N3O2/c1-3-9-24(10-4-1)26-15-18-31-32-21-27(17-20-34(32)44-35(31)22-26)38-40-37(25-11-5-2-6-12-25)41-39(42-38)28-16-19-30-29-13-7-8-14-33(29)43-36(30)23-28/h1-23H. The van der Waals surface area contributed by atoms with Gasteiger partial charge in [0.15, 0.2) is 17.5 Å². The number of aromatic nitrogens is 3. The normalized spacial score (nSPS) is 11.6. The fraction of sp³-hybridized carbons (Fsp3) is 0. The average molecular weight is 566 g/mol. The van der Waals surface area contributed by atoms with E-state index in [9.17, 15) is 0 Å². The van der Waals surface area contributed by atoms with Crippen LogP contribution in [-0.2, 0) is 0 Å². The number of furan rings is 2. The van der Waals surface area contributed by atoms with Gasteiger partial charge in [-0.1, -0.05) is 91.0 Å². The molecule has 0 radical (unpaired) electrons. The first-order valence-corrected chi connectivity index (χ1v) is 14.5. The third kappa shape index (κ3) is 4.06. The molecule has 6 aromatic carbocycles. The van der Waals surface area contributed by atoms with E-state index in [-0.39, 0.29) is 0 Å². The van der Waals surface area contributed by atoms with E-state index < -0.39 is 0 Å². The molecule has 0 saturated carbocycles. The molecular weight excluding hydrogens is 542 g/mol. The summed E-state index contributed by atoms with van der Waals surface area (Å²) in [4.78, 5) is 14.9. The van der Waals surface area contributed by atoms with E-state index in [0.29, 0.717) is 17.5 Å². The molecule has 0 fully saturated rings. The summed E-state index contributed by atoms with van der Waals surface area (Å²) in [6.07, 6.45) is 0. The Balaban J connectivity index is 1.20. The van der Waals surface area contributed by atoms with Gasteiger partial charge in [-0.05, 0) is 59.7 Å². The van der Waals surface area contributed by atoms with Gasteiger partial charge in [-0.3, -0.25) is 0 Å². The molecule has 9 rings (SSSR count). The predicted molar refractivity (Wildman–Crippen MR) is 176 cm³/mol. The van der Waals surface area contributed by atoms with E-state index in [2.05, 4.69) is 54.6 Å². The van der Waals surface area contributed by atoms with Crippen LogP contribution in [-0.4, -0.2) is 15.0 Å². The summed E-state index contributed by atoms with van der Waals surface area (Å²) in [7, 11) is 0. The Bertz CT molecular complexity index is 2500. The van der Waals surface area contributed by atoms with Gasteiger partial charge in [-0.2, -0.15) is 0 Å². The van der Waals surface area contributed by atoms with Gasteiger partial charge in [-0.15, -0.1) is 0 Å². The Labute approximate surface area is 252 Å². The molecule has 5 nitrogen and oxygen atoms in total. The Morgan fingerprint density at radius 3 is 1.50 bits per heavy atom. The van der Waals surface area contributed by atoms with Crippen molar-refractivity contribution in [3.63, 3.8) is 0 Å². The molecule has 0 bridgehead atoms. The average Bonchev–Trinajstić information content (AvgIpc) is 3.66. The van der Waals surface area contributed by atoms with Crippen LogP contribution in [0.5, 0.6) is 0 Å². The first-order chi connectivity index (χ1) is 21.8. The van der Waals surface area contributed by atoms with E-state index in [1.54, 1.807) is 0 Å². The molecule has 0 atom stereocenters. The monoisotopic (exact) mass is 565 g/mol. The largest absolute Gasteiger partial charge is 0.456 e. The molecule has 206 valence electrons. The van der Waals surface area contributed by atoms with Crippen molar-refractivity contribution >= 4 is 43.9 Å². The van der Waals surface area contributed by atoms with E-state index in [0.717, 1.165) is 71.7 Å². The van der Waals surface area contributed by atoms with Gasteiger partial charge in [-0.25, -0.2) is 15.0 Å². The highest BCUT2D eigenvalue weighted by molar-refractivity contribution is 6.07. The molecule has 0 unspecified atom stereocenters. The maximum Gasteiger partial charge on any atom is 0.164 e. The van der Waals surface area contributed by atoms with Gasteiger partial charge < -0.3 is 8.83 Å². The van der Waals surface area contributed by atoms with Crippen molar-refractivity contribution in [3.8, 4) is 45.3 Å². The highest BCUT2D eigenvalue weighted by Gasteiger charge is 2.16. The molecule has 9 aromatic rings. The lowest BCUT2D eigenvalue weighted by Crippen LogP contribution is -2.00. The molecule has 0 aliphatic heterocycles. The van der Waals surface area contributed by atoms with Gasteiger partial charge in [0.1, 0.15) is 22.3 Å². The molecule has 0 aliphatic rings. The Morgan fingerprint density at radius 1 is 0.295 bits per heavy atom. The van der Waals surface area contributed by atoms with Crippen molar-refractivity contribution in [2.75, 3.05) is 0 Å². The highest BCUT2D eigenvalue weighted by atomic mass is 16.3. The van der Waals surface area contributed by atoms with Crippen LogP contribution in [0.3, 0.4) is 0 Å². The maximum absolute atomic E-state index is 6.29. The van der Waals surface area contributed by atoms with Crippen LogP contribution in [0.2, 0.25) is 0 Å². The van der Waals surface area contributed by atoms with Crippen molar-refractivity contribution in [1.29, 1.82) is 0 Å². The number of rotatable bonds is 4. The van der Waals surface area contributed by atoms with E-state index >= 15 is 0 Å². The third-order valence-electron chi connectivity index (χ3n) is 8.14. The number of benzene rings is 6. The summed E-state index contributed by atoms with van der Waals surface area (Å²) in [5.74, 6) is 1.79. The van der Waals surface area contributed by atoms with Crippen LogP contribution in [0.1, 0.15) is 0 Å². The molecule has 0 aliphatic carbocycles. The van der Waals surface area contributed by atoms with E-state index in [4.69, 9.17) is 23.8 Å². The van der Waals surface area contributed by atoms with Gasteiger partial charge in [0, 0.05) is 38.2 Å². The second-order valence-electron chi connectivity index (χ2n) is 10.9. The highest BCUT2D eigenvalue weighted by Crippen LogP contribution is 2.36. The molecule has 0 saturated heterocycles. The lowest BCUT2D eigenvalue weighted by Gasteiger charge is -2.08. The van der Waals surface area contributed by atoms with Crippen molar-refractivity contribution in [2.45, 2.75) is 0 Å². The summed E-state index contributed by atoms with van der Waals surface area (Å²) in [6.45, 7) is 0.